The van der Waals surface area contributed by atoms with Gasteiger partial charge in [-0.2, -0.15) is 0 Å². The van der Waals surface area contributed by atoms with Gasteiger partial charge in [-0.25, -0.2) is 8.78 Å². The third-order valence-electron chi connectivity index (χ3n) is 3.89. The third-order valence-corrected chi connectivity index (χ3v) is 3.89. The summed E-state index contributed by atoms with van der Waals surface area (Å²) >= 11 is 0. The number of hydrogen-bond acceptors (Lipinski definition) is 2. The highest BCUT2D eigenvalue weighted by atomic mass is 19.3. The van der Waals surface area contributed by atoms with E-state index in [1.807, 2.05) is 36.4 Å². The first-order valence-corrected chi connectivity index (χ1v) is 8.64. The lowest BCUT2D eigenvalue weighted by molar-refractivity contribution is 0.0111. The molecule has 26 heavy (non-hydrogen) atoms. The average molecular weight is 355 g/mol. The minimum Gasteiger partial charge on any atom is -0.313 e. The topological polar surface area (TPSA) is 29.1 Å². The van der Waals surface area contributed by atoms with Gasteiger partial charge >= 0.3 is 0 Å². The van der Waals surface area contributed by atoms with Crippen molar-refractivity contribution < 1.29 is 13.6 Å². The molecular weight excluding hydrogens is 332 g/mol. The highest BCUT2D eigenvalue weighted by Gasteiger charge is 2.19. The van der Waals surface area contributed by atoms with Gasteiger partial charge in [0.2, 0.25) is 5.92 Å². The Hall–Kier alpha value is -2.51. The standard InChI is InChI=1S/C22H23F2NO/c1-17(26)21-12-10-19(11-13-21)5-4-18-6-8-20(9-7-18)16-25-15-3-14-22(2,23)24/h6-13,25H,3,14-16H2,1-2H3. The van der Waals surface area contributed by atoms with Crippen LogP contribution >= 0.6 is 0 Å². The first-order valence-electron chi connectivity index (χ1n) is 8.64. The number of alkyl halides is 2. The van der Waals surface area contributed by atoms with Crippen molar-refractivity contribution in [2.24, 2.45) is 0 Å². The van der Waals surface area contributed by atoms with Crippen LogP contribution in [0.4, 0.5) is 8.78 Å². The molecule has 0 bridgehead atoms. The summed E-state index contributed by atoms with van der Waals surface area (Å²) in [6.07, 6.45) is 0.359. The molecule has 0 spiro atoms. The Morgan fingerprint density at radius 2 is 1.54 bits per heavy atom. The van der Waals surface area contributed by atoms with Gasteiger partial charge in [-0.05, 0) is 56.6 Å². The monoisotopic (exact) mass is 355 g/mol. The zero-order chi connectivity index (χ0) is 19.0. The van der Waals surface area contributed by atoms with Gasteiger partial charge in [0.05, 0.1) is 0 Å². The molecule has 1 N–H and O–H groups in total. The predicted octanol–water partition coefficient (Wildman–Crippen LogP) is 4.81. The molecule has 2 rings (SSSR count). The van der Waals surface area contributed by atoms with Gasteiger partial charge in [-0.1, -0.05) is 36.1 Å². The van der Waals surface area contributed by atoms with Crippen LogP contribution in [-0.2, 0) is 6.54 Å². The van der Waals surface area contributed by atoms with E-state index in [1.54, 1.807) is 12.1 Å². The van der Waals surface area contributed by atoms with E-state index in [1.165, 1.54) is 6.92 Å². The van der Waals surface area contributed by atoms with Crippen LogP contribution in [0, 0.1) is 11.8 Å². The van der Waals surface area contributed by atoms with Crippen LogP contribution in [0.25, 0.3) is 0 Å². The highest BCUT2D eigenvalue weighted by molar-refractivity contribution is 5.94. The van der Waals surface area contributed by atoms with Crippen LogP contribution in [0.2, 0.25) is 0 Å². The molecule has 0 saturated heterocycles. The normalized spacial score (nSPS) is 10.9. The zero-order valence-electron chi connectivity index (χ0n) is 15.1. The first-order chi connectivity index (χ1) is 12.3. The van der Waals surface area contributed by atoms with Gasteiger partial charge in [-0.3, -0.25) is 4.79 Å². The minimum absolute atomic E-state index is 0.0390. The van der Waals surface area contributed by atoms with Crippen molar-refractivity contribution in [3.8, 4) is 11.8 Å². The van der Waals surface area contributed by atoms with Crippen molar-refractivity contribution in [3.05, 3.63) is 70.8 Å². The molecular formula is C22H23F2NO. The number of halogens is 2. The van der Waals surface area contributed by atoms with Crippen molar-refractivity contribution in [2.75, 3.05) is 6.54 Å². The summed E-state index contributed by atoms with van der Waals surface area (Å²) in [5.41, 5.74) is 3.52. The largest absolute Gasteiger partial charge is 0.313 e. The lowest BCUT2D eigenvalue weighted by Gasteiger charge is -2.10. The van der Waals surface area contributed by atoms with E-state index in [9.17, 15) is 13.6 Å². The number of carbonyl (C=O) groups is 1. The second-order valence-electron chi connectivity index (χ2n) is 6.43. The third kappa shape index (κ3) is 7.16. The Morgan fingerprint density at radius 1 is 1.00 bits per heavy atom. The van der Waals surface area contributed by atoms with E-state index < -0.39 is 5.92 Å². The molecule has 136 valence electrons. The molecule has 0 aliphatic rings. The summed E-state index contributed by atoms with van der Waals surface area (Å²) in [5.74, 6) is 3.61. The SMILES string of the molecule is CC(=O)c1ccc(C#Cc2ccc(CNCCCC(C)(F)F)cc2)cc1. The Bertz CT molecular complexity index is 778. The number of hydrogen-bond donors (Lipinski definition) is 1. The van der Waals surface area contributed by atoms with E-state index >= 15 is 0 Å². The van der Waals surface area contributed by atoms with Crippen LogP contribution in [0.1, 0.15) is 53.7 Å². The number of ketones is 1. The number of carbonyl (C=O) groups excluding carboxylic acids is 1. The number of nitrogens with one attached hydrogen (secondary N) is 1. The predicted molar refractivity (Wildman–Crippen MR) is 100 cm³/mol. The van der Waals surface area contributed by atoms with Gasteiger partial charge < -0.3 is 5.32 Å². The summed E-state index contributed by atoms with van der Waals surface area (Å²) in [4.78, 5) is 11.2. The Balaban J connectivity index is 1.83. The fourth-order valence-electron chi connectivity index (χ4n) is 2.40. The lowest BCUT2D eigenvalue weighted by Crippen LogP contribution is -2.18. The Labute approximate surface area is 153 Å². The Kier molecular flexibility index (Phi) is 7.06. The molecule has 0 aliphatic heterocycles. The van der Waals surface area contributed by atoms with Crippen molar-refractivity contribution >= 4 is 5.78 Å². The van der Waals surface area contributed by atoms with Crippen LogP contribution in [0.3, 0.4) is 0 Å². The lowest BCUT2D eigenvalue weighted by atomic mass is 10.1. The molecule has 0 fully saturated rings. The fraction of sp³-hybridized carbons (Fsp3) is 0.318. The average Bonchev–Trinajstić information content (AvgIpc) is 2.60. The summed E-state index contributed by atoms with van der Waals surface area (Å²) in [7, 11) is 0. The molecule has 0 atom stereocenters. The molecule has 2 nitrogen and oxygen atoms in total. The first kappa shape index (κ1) is 19.8. The molecule has 0 aromatic heterocycles. The zero-order valence-corrected chi connectivity index (χ0v) is 15.1. The summed E-state index contributed by atoms with van der Waals surface area (Å²) in [6, 6.07) is 15.0. The second-order valence-corrected chi connectivity index (χ2v) is 6.43. The summed E-state index contributed by atoms with van der Waals surface area (Å²) < 4.78 is 25.4. The minimum atomic E-state index is -2.59. The van der Waals surface area contributed by atoms with Crippen molar-refractivity contribution in [2.45, 2.75) is 39.2 Å². The molecule has 0 saturated carbocycles. The van der Waals surface area contributed by atoms with Crippen LogP contribution < -0.4 is 5.32 Å². The van der Waals surface area contributed by atoms with Crippen molar-refractivity contribution in [1.82, 2.24) is 5.32 Å². The maximum atomic E-state index is 12.7. The van der Waals surface area contributed by atoms with Gasteiger partial charge in [0.25, 0.3) is 0 Å². The van der Waals surface area contributed by atoms with Gasteiger partial charge in [0.15, 0.2) is 5.78 Å². The van der Waals surface area contributed by atoms with E-state index in [0.717, 1.165) is 23.6 Å². The fourth-order valence-corrected chi connectivity index (χ4v) is 2.40. The Morgan fingerprint density at radius 3 is 2.04 bits per heavy atom. The molecule has 0 heterocycles. The number of benzene rings is 2. The van der Waals surface area contributed by atoms with Crippen LogP contribution in [0.5, 0.6) is 0 Å². The van der Waals surface area contributed by atoms with Gasteiger partial charge in [0.1, 0.15) is 0 Å². The number of Topliss-reactive ketones (excluding diaryl/α,β-unsaturated/α-hetero) is 1. The van der Waals surface area contributed by atoms with Crippen molar-refractivity contribution in [3.63, 3.8) is 0 Å². The van der Waals surface area contributed by atoms with Gasteiger partial charge in [0, 0.05) is 29.7 Å². The van der Waals surface area contributed by atoms with E-state index in [-0.39, 0.29) is 12.2 Å². The smallest absolute Gasteiger partial charge is 0.245 e. The molecule has 0 amide bonds. The summed E-state index contributed by atoms with van der Waals surface area (Å²) in [5, 5.41) is 3.17. The highest BCUT2D eigenvalue weighted by Crippen LogP contribution is 2.17. The molecule has 0 radical (unpaired) electrons. The molecule has 4 heteroatoms. The number of rotatable bonds is 7. The van der Waals surface area contributed by atoms with E-state index in [2.05, 4.69) is 17.2 Å². The molecule has 2 aromatic carbocycles. The molecule has 0 unspecified atom stereocenters. The summed E-state index contributed by atoms with van der Waals surface area (Å²) in [6.45, 7) is 3.71. The van der Waals surface area contributed by atoms with Gasteiger partial charge in [-0.15, -0.1) is 0 Å². The molecule has 2 aromatic rings. The maximum absolute atomic E-state index is 12.7. The van der Waals surface area contributed by atoms with E-state index in [4.69, 9.17) is 0 Å². The quantitative estimate of drug-likeness (QED) is 0.438. The maximum Gasteiger partial charge on any atom is 0.245 e. The van der Waals surface area contributed by atoms with Crippen LogP contribution in [0.15, 0.2) is 48.5 Å². The van der Waals surface area contributed by atoms with Crippen LogP contribution in [-0.4, -0.2) is 18.3 Å². The molecule has 0 aliphatic carbocycles. The van der Waals surface area contributed by atoms with E-state index in [0.29, 0.717) is 25.1 Å². The van der Waals surface area contributed by atoms with Crippen molar-refractivity contribution in [1.29, 1.82) is 0 Å². The second kappa shape index (κ2) is 9.26.